The predicted octanol–water partition coefficient (Wildman–Crippen LogP) is 4.88. The Morgan fingerprint density at radius 3 is 2.41 bits per heavy atom. The molecule has 1 aliphatic heterocycles. The van der Waals surface area contributed by atoms with E-state index in [1.54, 1.807) is 20.8 Å². The summed E-state index contributed by atoms with van der Waals surface area (Å²) in [6, 6.07) is 3.90. The van der Waals surface area contributed by atoms with Gasteiger partial charge in [0.1, 0.15) is 17.5 Å². The van der Waals surface area contributed by atoms with E-state index in [0.29, 0.717) is 11.0 Å². The second-order valence-electron chi connectivity index (χ2n) is 9.87. The molecule has 3 rings (SSSR count). The summed E-state index contributed by atoms with van der Waals surface area (Å²) in [5.74, 6) is -5.45. The maximum Gasteiger partial charge on any atom is 0.416 e. The summed E-state index contributed by atoms with van der Waals surface area (Å²) in [5, 5.41) is 12.3. The van der Waals surface area contributed by atoms with Crippen LogP contribution < -0.4 is 15.1 Å². The Hall–Kier alpha value is -3.87. The number of amides is 3. The van der Waals surface area contributed by atoms with Crippen molar-refractivity contribution in [3.63, 3.8) is 0 Å². The van der Waals surface area contributed by atoms with Crippen molar-refractivity contribution in [2.45, 2.75) is 51.9 Å². The molecule has 1 aliphatic rings. The van der Waals surface area contributed by atoms with Crippen LogP contribution in [0, 0.1) is 12.8 Å². The lowest BCUT2D eigenvalue weighted by molar-refractivity contribution is -0.144. The van der Waals surface area contributed by atoms with Gasteiger partial charge >= 0.3 is 18.2 Å². The molecule has 0 saturated carbocycles. The number of halogens is 4. The summed E-state index contributed by atoms with van der Waals surface area (Å²) >= 11 is 6.27. The minimum absolute atomic E-state index is 0.0160. The molecule has 2 aromatic rings. The van der Waals surface area contributed by atoms with Crippen molar-refractivity contribution in [2.75, 3.05) is 22.2 Å². The van der Waals surface area contributed by atoms with Crippen LogP contribution in [0.1, 0.15) is 38.4 Å². The summed E-state index contributed by atoms with van der Waals surface area (Å²) in [6.07, 6.45) is -6.31. The molecule has 0 bridgehead atoms. The van der Waals surface area contributed by atoms with Crippen LogP contribution >= 0.6 is 11.6 Å². The molecule has 2 atom stereocenters. The summed E-state index contributed by atoms with van der Waals surface area (Å²) < 4.78 is 45.7. The van der Waals surface area contributed by atoms with Crippen molar-refractivity contribution < 1.29 is 42.2 Å². The van der Waals surface area contributed by atoms with Gasteiger partial charge in [0.25, 0.3) is 5.91 Å². The zero-order valence-corrected chi connectivity index (χ0v) is 22.3. The average molecular weight is 571 g/mol. The number of rotatable bonds is 5. The first-order valence-electron chi connectivity index (χ1n) is 11.6. The highest BCUT2D eigenvalue weighted by atomic mass is 35.5. The highest BCUT2D eigenvalue weighted by Crippen LogP contribution is 2.38. The van der Waals surface area contributed by atoms with Gasteiger partial charge in [-0.3, -0.25) is 24.6 Å². The van der Waals surface area contributed by atoms with Crippen LogP contribution in [0.15, 0.2) is 30.3 Å². The van der Waals surface area contributed by atoms with Crippen LogP contribution in [0.5, 0.6) is 0 Å². The van der Waals surface area contributed by atoms with Gasteiger partial charge in [-0.1, -0.05) is 17.7 Å². The number of hydrogen-bond donors (Lipinski definition) is 2. The fourth-order valence-electron chi connectivity index (χ4n) is 4.09. The summed E-state index contributed by atoms with van der Waals surface area (Å²) in [7, 11) is 1.25. The number of alkyl halides is 3. The first-order chi connectivity index (χ1) is 17.9. The number of carboxylic acids is 1. The van der Waals surface area contributed by atoms with Gasteiger partial charge in [-0.05, 0) is 52.0 Å². The maximum absolute atomic E-state index is 13.8. The van der Waals surface area contributed by atoms with E-state index in [4.69, 9.17) is 16.3 Å². The van der Waals surface area contributed by atoms with E-state index in [2.05, 4.69) is 10.3 Å². The van der Waals surface area contributed by atoms with E-state index >= 15 is 0 Å². The second kappa shape index (κ2) is 10.7. The second-order valence-corrected chi connectivity index (χ2v) is 10.3. The van der Waals surface area contributed by atoms with E-state index in [9.17, 15) is 37.5 Å². The number of anilines is 3. The number of benzene rings is 1. The number of aliphatic carboxylic acids is 1. The minimum Gasteiger partial charge on any atom is -0.481 e. The normalized spacial score (nSPS) is 17.7. The maximum atomic E-state index is 13.8. The van der Waals surface area contributed by atoms with Crippen LogP contribution in [0.2, 0.25) is 5.02 Å². The summed E-state index contributed by atoms with van der Waals surface area (Å²) in [6.45, 7) is 6.18. The molecule has 2 unspecified atom stereocenters. The highest BCUT2D eigenvalue weighted by Gasteiger charge is 2.51. The third kappa shape index (κ3) is 6.59. The van der Waals surface area contributed by atoms with Gasteiger partial charge in [0.05, 0.1) is 27.9 Å². The molecule has 210 valence electrons. The van der Waals surface area contributed by atoms with E-state index in [1.807, 2.05) is 0 Å². The van der Waals surface area contributed by atoms with Crippen LogP contribution in [0.3, 0.4) is 0 Å². The van der Waals surface area contributed by atoms with Gasteiger partial charge in [-0.15, -0.1) is 0 Å². The zero-order valence-electron chi connectivity index (χ0n) is 21.6. The number of carbonyl (C=O) groups is 4. The number of nitrogens with one attached hydrogen (secondary N) is 1. The third-order valence-electron chi connectivity index (χ3n) is 5.72. The molecule has 1 fully saturated rings. The van der Waals surface area contributed by atoms with Gasteiger partial charge in [-0.25, -0.2) is 9.78 Å². The van der Waals surface area contributed by atoms with E-state index in [1.165, 1.54) is 32.2 Å². The Bertz CT molecular complexity index is 1330. The number of aryl methyl sites for hydroxylation is 1. The average Bonchev–Trinajstić information content (AvgIpc) is 3.14. The number of pyridine rings is 1. The molecular formula is C25H26ClF3N4O6. The minimum atomic E-state index is -4.78. The number of aromatic nitrogens is 1. The fourth-order valence-corrected chi connectivity index (χ4v) is 4.30. The highest BCUT2D eigenvalue weighted by molar-refractivity contribution is 6.34. The smallest absolute Gasteiger partial charge is 0.416 e. The Morgan fingerprint density at radius 2 is 1.85 bits per heavy atom. The largest absolute Gasteiger partial charge is 0.481 e. The quantitative estimate of drug-likeness (QED) is 0.524. The van der Waals surface area contributed by atoms with Crippen molar-refractivity contribution in [3.8, 4) is 0 Å². The molecular weight excluding hydrogens is 545 g/mol. The fraction of sp³-hybridized carbons (Fsp3) is 0.400. The molecule has 1 saturated heterocycles. The monoisotopic (exact) mass is 570 g/mol. The van der Waals surface area contributed by atoms with Crippen LogP contribution in [0.25, 0.3) is 0 Å². The molecule has 3 amide bonds. The Kier molecular flexibility index (Phi) is 8.15. The number of hydrogen-bond acceptors (Lipinski definition) is 6. The lowest BCUT2D eigenvalue weighted by atomic mass is 9.99. The van der Waals surface area contributed by atoms with Crippen molar-refractivity contribution in [1.82, 2.24) is 4.98 Å². The van der Waals surface area contributed by atoms with Crippen molar-refractivity contribution >= 4 is 52.7 Å². The molecule has 1 aromatic heterocycles. The lowest BCUT2D eigenvalue weighted by Gasteiger charge is -2.31. The SMILES string of the molecule is Cc1cc(C(F)(F)F)cc(N2C(=O)CC(C(=O)O)C2C(=O)N(C)c2cccc(Cl)c2NC(=O)OC(C)(C)C)n1. The lowest BCUT2D eigenvalue weighted by Crippen LogP contribution is -2.50. The number of ether oxygens (including phenoxy) is 1. The molecule has 2 heterocycles. The van der Waals surface area contributed by atoms with Gasteiger partial charge in [0.15, 0.2) is 0 Å². The van der Waals surface area contributed by atoms with Gasteiger partial charge < -0.3 is 14.7 Å². The molecule has 0 aliphatic carbocycles. The topological polar surface area (TPSA) is 129 Å². The molecule has 10 nitrogen and oxygen atoms in total. The molecule has 0 radical (unpaired) electrons. The zero-order chi connectivity index (χ0) is 29.4. The first-order valence-corrected chi connectivity index (χ1v) is 12.0. The molecule has 0 spiro atoms. The predicted molar refractivity (Wildman–Crippen MR) is 136 cm³/mol. The van der Waals surface area contributed by atoms with Crippen LogP contribution in [-0.4, -0.2) is 52.7 Å². The van der Waals surface area contributed by atoms with Crippen molar-refractivity contribution in [2.24, 2.45) is 5.92 Å². The van der Waals surface area contributed by atoms with E-state index in [0.717, 1.165) is 11.0 Å². The number of nitrogens with zero attached hydrogens (tertiary/aromatic N) is 3. The van der Waals surface area contributed by atoms with Gasteiger partial charge in [0.2, 0.25) is 5.91 Å². The standard InChI is InChI=1S/C25H26ClF3N4O6/c1-12-9-13(25(27,28)29)10-17(30-12)33-18(34)11-14(22(36)37)20(33)21(35)32(5)16-8-6-7-15(26)19(16)31-23(38)39-24(2,3)4/h6-10,14,20H,11H2,1-5H3,(H,31,38)(H,36,37). The number of carboxylic acid groups (broad SMARTS) is 1. The summed E-state index contributed by atoms with van der Waals surface area (Å²) in [4.78, 5) is 56.8. The molecule has 2 N–H and O–H groups in total. The number of carbonyl (C=O) groups excluding carboxylic acids is 3. The van der Waals surface area contributed by atoms with Gasteiger partial charge in [0, 0.05) is 19.2 Å². The Morgan fingerprint density at radius 1 is 1.21 bits per heavy atom. The van der Waals surface area contributed by atoms with Crippen molar-refractivity contribution in [3.05, 3.63) is 46.6 Å². The molecule has 39 heavy (non-hydrogen) atoms. The van der Waals surface area contributed by atoms with Crippen molar-refractivity contribution in [1.29, 1.82) is 0 Å². The van der Waals surface area contributed by atoms with E-state index in [-0.39, 0.29) is 22.1 Å². The Balaban J connectivity index is 2.07. The van der Waals surface area contributed by atoms with E-state index < -0.39 is 65.4 Å². The number of likely N-dealkylation sites (N-methyl/N-ethyl adjacent to an activating group) is 1. The van der Waals surface area contributed by atoms with Crippen LogP contribution in [0.4, 0.5) is 35.2 Å². The third-order valence-corrected chi connectivity index (χ3v) is 6.03. The first kappa shape index (κ1) is 29.7. The Labute approximate surface area is 226 Å². The number of para-hydroxylation sites is 1. The molecule has 1 aromatic carbocycles. The summed E-state index contributed by atoms with van der Waals surface area (Å²) in [5.41, 5.74) is -2.09. The van der Waals surface area contributed by atoms with Gasteiger partial charge in [-0.2, -0.15) is 13.2 Å². The van der Waals surface area contributed by atoms with Crippen LogP contribution in [-0.2, 0) is 25.3 Å². The molecule has 14 heteroatoms.